The predicted octanol–water partition coefficient (Wildman–Crippen LogP) is 1.75. The van der Waals surface area contributed by atoms with Crippen LogP contribution in [0.25, 0.3) is 0 Å². The molecule has 2 unspecified atom stereocenters. The Labute approximate surface area is 154 Å². The van der Waals surface area contributed by atoms with Crippen molar-refractivity contribution in [2.75, 3.05) is 51.3 Å². The molecular weight excluding hydrogens is 338 g/mol. The van der Waals surface area contributed by atoms with Crippen LogP contribution < -0.4 is 9.80 Å². The first-order valence-electron chi connectivity index (χ1n) is 8.76. The number of anilines is 2. The molecule has 1 amide bonds. The minimum absolute atomic E-state index is 0.0772. The fourth-order valence-corrected chi connectivity index (χ4v) is 3.14. The summed E-state index contributed by atoms with van der Waals surface area (Å²) in [6.45, 7) is 4.30. The Hall–Kier alpha value is -1.84. The van der Waals surface area contributed by atoms with E-state index in [0.29, 0.717) is 17.7 Å². The fraction of sp³-hybridized carbons (Fsp3) is 0.765. The number of nitrogens with zero attached hydrogens (tertiary/aromatic N) is 5. The number of rotatable bonds is 9. The van der Waals surface area contributed by atoms with Crippen LogP contribution in [0.5, 0.6) is 0 Å². The zero-order valence-corrected chi connectivity index (χ0v) is 16.3. The summed E-state index contributed by atoms with van der Waals surface area (Å²) in [5.74, 6) is 2.12. The monoisotopic (exact) mass is 367 g/mol. The third-order valence-corrected chi connectivity index (χ3v) is 4.42. The third-order valence-electron chi connectivity index (χ3n) is 4.42. The lowest BCUT2D eigenvalue weighted by Gasteiger charge is -2.24. The molecule has 2 atom stereocenters. The van der Waals surface area contributed by atoms with Crippen molar-refractivity contribution in [2.24, 2.45) is 5.92 Å². The van der Waals surface area contributed by atoms with Gasteiger partial charge in [0.25, 0.3) is 0 Å². The van der Waals surface area contributed by atoms with Gasteiger partial charge in [-0.25, -0.2) is 0 Å². The number of amides is 1. The van der Waals surface area contributed by atoms with Crippen molar-refractivity contribution in [1.82, 2.24) is 15.0 Å². The highest BCUT2D eigenvalue weighted by Crippen LogP contribution is 2.37. The number of aromatic nitrogens is 3. The maximum absolute atomic E-state index is 12.0. The second-order valence-electron chi connectivity index (χ2n) is 6.65. The highest BCUT2D eigenvalue weighted by atomic mass is 16.5. The van der Waals surface area contributed by atoms with E-state index in [-0.39, 0.29) is 38.0 Å². The van der Waals surface area contributed by atoms with E-state index in [0.717, 1.165) is 19.3 Å². The van der Waals surface area contributed by atoms with E-state index in [1.165, 1.54) is 18.9 Å². The molecule has 0 N–H and O–H groups in total. The molecule has 0 saturated heterocycles. The standard InChI is InChI=1S/C17H29N5O4/c1-12-6-7-14(8-12)15-18-16(21(9-24-3)10-25-4)20-17(19-15)22(11-26-5)13(2)23/h12,14H,6-11H2,1-5H3. The zero-order valence-electron chi connectivity index (χ0n) is 16.3. The third kappa shape index (κ3) is 5.09. The fourth-order valence-electron chi connectivity index (χ4n) is 3.14. The van der Waals surface area contributed by atoms with Gasteiger partial charge < -0.3 is 14.2 Å². The van der Waals surface area contributed by atoms with Gasteiger partial charge in [-0.2, -0.15) is 15.0 Å². The Balaban J connectivity index is 2.45. The number of hydrogen-bond acceptors (Lipinski definition) is 8. The Morgan fingerprint density at radius 3 is 2.12 bits per heavy atom. The van der Waals surface area contributed by atoms with E-state index in [4.69, 9.17) is 14.2 Å². The molecule has 1 saturated carbocycles. The molecule has 0 spiro atoms. The van der Waals surface area contributed by atoms with Crippen LogP contribution in [-0.4, -0.2) is 62.4 Å². The molecule has 9 nitrogen and oxygen atoms in total. The highest BCUT2D eigenvalue weighted by Gasteiger charge is 2.28. The molecule has 1 aromatic heterocycles. The van der Waals surface area contributed by atoms with E-state index < -0.39 is 0 Å². The molecule has 26 heavy (non-hydrogen) atoms. The van der Waals surface area contributed by atoms with E-state index >= 15 is 0 Å². The first kappa shape index (κ1) is 20.5. The molecular formula is C17H29N5O4. The van der Waals surface area contributed by atoms with Crippen LogP contribution in [-0.2, 0) is 19.0 Å². The molecule has 1 aromatic rings. The molecule has 0 radical (unpaired) electrons. The summed E-state index contributed by atoms with van der Waals surface area (Å²) in [4.78, 5) is 28.9. The first-order chi connectivity index (χ1) is 12.5. The van der Waals surface area contributed by atoms with Gasteiger partial charge in [-0.3, -0.25) is 14.6 Å². The number of carbonyl (C=O) groups is 1. The van der Waals surface area contributed by atoms with Crippen molar-refractivity contribution in [3.05, 3.63) is 5.82 Å². The van der Waals surface area contributed by atoms with Gasteiger partial charge in [-0.05, 0) is 25.2 Å². The Kier molecular flexibility index (Phi) is 7.67. The van der Waals surface area contributed by atoms with Crippen LogP contribution in [0.1, 0.15) is 44.9 Å². The maximum atomic E-state index is 12.0. The Morgan fingerprint density at radius 1 is 1.00 bits per heavy atom. The second kappa shape index (κ2) is 9.75. The highest BCUT2D eigenvalue weighted by molar-refractivity contribution is 5.89. The van der Waals surface area contributed by atoms with Crippen LogP contribution >= 0.6 is 0 Å². The summed E-state index contributed by atoms with van der Waals surface area (Å²) in [5, 5.41) is 0. The van der Waals surface area contributed by atoms with Crippen molar-refractivity contribution in [3.63, 3.8) is 0 Å². The lowest BCUT2D eigenvalue weighted by molar-refractivity contribution is -0.117. The molecule has 146 valence electrons. The van der Waals surface area contributed by atoms with Crippen LogP contribution in [0.15, 0.2) is 0 Å². The van der Waals surface area contributed by atoms with Gasteiger partial charge >= 0.3 is 0 Å². The van der Waals surface area contributed by atoms with Crippen molar-refractivity contribution in [1.29, 1.82) is 0 Å². The Morgan fingerprint density at radius 2 is 1.62 bits per heavy atom. The van der Waals surface area contributed by atoms with Crippen LogP contribution in [0.4, 0.5) is 11.9 Å². The normalized spacial score (nSPS) is 19.6. The molecule has 0 aliphatic heterocycles. The maximum Gasteiger partial charge on any atom is 0.239 e. The van der Waals surface area contributed by atoms with Crippen LogP contribution in [0.2, 0.25) is 0 Å². The van der Waals surface area contributed by atoms with Crippen LogP contribution in [0, 0.1) is 5.92 Å². The van der Waals surface area contributed by atoms with Gasteiger partial charge in [0.05, 0.1) is 0 Å². The van der Waals surface area contributed by atoms with E-state index in [1.807, 2.05) is 0 Å². The summed E-state index contributed by atoms with van der Waals surface area (Å²) in [6, 6.07) is 0. The minimum Gasteiger partial charge on any atom is -0.364 e. The SMILES string of the molecule is COCN(COC)c1nc(C2CCC(C)C2)nc(N(COC)C(C)=O)n1. The average Bonchev–Trinajstić information content (AvgIpc) is 3.05. The summed E-state index contributed by atoms with van der Waals surface area (Å²) >= 11 is 0. The summed E-state index contributed by atoms with van der Waals surface area (Å²) in [5.41, 5.74) is 0. The quantitative estimate of drug-likeness (QED) is 0.610. The van der Waals surface area contributed by atoms with Gasteiger partial charge in [0.1, 0.15) is 26.0 Å². The van der Waals surface area contributed by atoms with E-state index in [9.17, 15) is 4.79 Å². The van der Waals surface area contributed by atoms with Crippen molar-refractivity contribution in [2.45, 2.75) is 39.0 Å². The van der Waals surface area contributed by atoms with Gasteiger partial charge in [-0.1, -0.05) is 6.92 Å². The molecule has 9 heteroatoms. The van der Waals surface area contributed by atoms with Crippen LogP contribution in [0.3, 0.4) is 0 Å². The number of methoxy groups -OCH3 is 3. The summed E-state index contributed by atoms with van der Waals surface area (Å²) < 4.78 is 15.6. The summed E-state index contributed by atoms with van der Waals surface area (Å²) in [6.07, 6.45) is 3.21. The van der Waals surface area contributed by atoms with Gasteiger partial charge in [0.2, 0.25) is 17.8 Å². The zero-order chi connectivity index (χ0) is 19.1. The topological polar surface area (TPSA) is 89.9 Å². The first-order valence-corrected chi connectivity index (χ1v) is 8.76. The van der Waals surface area contributed by atoms with Gasteiger partial charge in [0.15, 0.2) is 0 Å². The minimum atomic E-state index is -0.195. The molecule has 1 fully saturated rings. The molecule has 1 aliphatic rings. The van der Waals surface area contributed by atoms with Crippen molar-refractivity contribution < 1.29 is 19.0 Å². The lowest BCUT2D eigenvalue weighted by Crippen LogP contribution is -2.35. The average molecular weight is 367 g/mol. The molecule has 0 aromatic carbocycles. The number of carbonyl (C=O) groups excluding carboxylic acids is 1. The van der Waals surface area contributed by atoms with E-state index in [2.05, 4.69) is 21.9 Å². The number of ether oxygens (including phenoxy) is 3. The predicted molar refractivity (Wildman–Crippen MR) is 96.9 cm³/mol. The summed E-state index contributed by atoms with van der Waals surface area (Å²) in [7, 11) is 4.72. The second-order valence-corrected chi connectivity index (χ2v) is 6.65. The lowest BCUT2D eigenvalue weighted by atomic mass is 10.1. The van der Waals surface area contributed by atoms with E-state index in [1.54, 1.807) is 19.1 Å². The molecule has 2 rings (SSSR count). The van der Waals surface area contributed by atoms with Crippen molar-refractivity contribution >= 4 is 17.8 Å². The van der Waals surface area contributed by atoms with Crippen molar-refractivity contribution in [3.8, 4) is 0 Å². The molecule has 0 bridgehead atoms. The van der Waals surface area contributed by atoms with Gasteiger partial charge in [-0.15, -0.1) is 0 Å². The smallest absolute Gasteiger partial charge is 0.239 e. The van der Waals surface area contributed by atoms with Gasteiger partial charge in [0, 0.05) is 34.2 Å². The Bertz CT molecular complexity index is 595. The largest absolute Gasteiger partial charge is 0.364 e. The number of hydrogen-bond donors (Lipinski definition) is 0. The molecule has 1 heterocycles. The molecule has 1 aliphatic carbocycles.